The Balaban J connectivity index is 2.44. The number of aromatic carboxylic acids is 1. The number of aryl methyl sites for hydroxylation is 1. The fourth-order valence-corrected chi connectivity index (χ4v) is 1.77. The molecule has 2 rings (SSSR count). The van der Waals surface area contributed by atoms with Crippen molar-refractivity contribution in [3.8, 4) is 0 Å². The lowest BCUT2D eigenvalue weighted by Crippen LogP contribution is -2.05. The maximum absolute atomic E-state index is 13.9. The van der Waals surface area contributed by atoms with Crippen molar-refractivity contribution in [1.29, 1.82) is 0 Å². The molecule has 0 radical (unpaired) electrons. The lowest BCUT2D eigenvalue weighted by molar-refractivity contribution is -0.385. The molecular weight excluding hydrogens is 279 g/mol. The molecule has 2 N–H and O–H groups in total. The summed E-state index contributed by atoms with van der Waals surface area (Å²) >= 11 is 0. The van der Waals surface area contributed by atoms with E-state index in [1.54, 1.807) is 24.3 Å². The number of nitro benzene ring substituents is 1. The van der Waals surface area contributed by atoms with E-state index >= 15 is 0 Å². The number of benzene rings is 2. The van der Waals surface area contributed by atoms with Crippen molar-refractivity contribution >= 4 is 23.0 Å². The number of nitro groups is 1. The van der Waals surface area contributed by atoms with Crippen molar-refractivity contribution < 1.29 is 19.2 Å². The molecule has 0 heterocycles. The number of halogens is 1. The first-order valence-electron chi connectivity index (χ1n) is 5.93. The van der Waals surface area contributed by atoms with Gasteiger partial charge in [-0.1, -0.05) is 17.7 Å². The van der Waals surface area contributed by atoms with E-state index in [1.165, 1.54) is 0 Å². The van der Waals surface area contributed by atoms with Gasteiger partial charge in [0.2, 0.25) is 0 Å². The molecule has 7 heteroatoms. The van der Waals surface area contributed by atoms with E-state index in [4.69, 9.17) is 5.11 Å². The predicted octanol–water partition coefficient (Wildman–Crippen LogP) is 3.48. The number of nitrogens with one attached hydrogen (secondary N) is 1. The van der Waals surface area contributed by atoms with Gasteiger partial charge in [0.05, 0.1) is 16.7 Å². The minimum atomic E-state index is -1.49. The van der Waals surface area contributed by atoms with Crippen molar-refractivity contribution in [2.45, 2.75) is 6.92 Å². The molecule has 0 aliphatic heterocycles. The topological polar surface area (TPSA) is 92.5 Å². The quantitative estimate of drug-likeness (QED) is 0.664. The van der Waals surface area contributed by atoms with Crippen LogP contribution in [0.2, 0.25) is 0 Å². The molecule has 0 bridgehead atoms. The van der Waals surface area contributed by atoms with Crippen molar-refractivity contribution in [1.82, 2.24) is 0 Å². The summed E-state index contributed by atoms with van der Waals surface area (Å²) in [4.78, 5) is 20.8. The average molecular weight is 290 g/mol. The third-order valence-corrected chi connectivity index (χ3v) is 2.84. The zero-order valence-electron chi connectivity index (χ0n) is 11.0. The molecule has 0 fully saturated rings. The van der Waals surface area contributed by atoms with Crippen LogP contribution in [-0.2, 0) is 0 Å². The first-order valence-corrected chi connectivity index (χ1v) is 5.93. The van der Waals surface area contributed by atoms with E-state index in [1.807, 2.05) is 6.92 Å². The third kappa shape index (κ3) is 3.14. The Labute approximate surface area is 119 Å². The highest BCUT2D eigenvalue weighted by Gasteiger charge is 2.23. The largest absolute Gasteiger partial charge is 0.477 e. The van der Waals surface area contributed by atoms with Crippen LogP contribution in [0.15, 0.2) is 36.4 Å². The van der Waals surface area contributed by atoms with E-state index in [9.17, 15) is 19.3 Å². The number of hydrogen-bond acceptors (Lipinski definition) is 4. The Morgan fingerprint density at radius 3 is 2.43 bits per heavy atom. The number of carboxylic acid groups (broad SMARTS) is 1. The van der Waals surface area contributed by atoms with Crippen LogP contribution in [0.3, 0.4) is 0 Å². The molecule has 0 unspecified atom stereocenters. The Morgan fingerprint density at radius 1 is 1.29 bits per heavy atom. The van der Waals surface area contributed by atoms with E-state index < -0.39 is 28.0 Å². The minimum absolute atomic E-state index is 0.137. The van der Waals surface area contributed by atoms with E-state index in [0.29, 0.717) is 11.8 Å². The van der Waals surface area contributed by atoms with Gasteiger partial charge in [-0.25, -0.2) is 9.18 Å². The summed E-state index contributed by atoms with van der Waals surface area (Å²) in [6.07, 6.45) is 0. The van der Waals surface area contributed by atoms with Gasteiger partial charge >= 0.3 is 5.97 Å². The lowest BCUT2D eigenvalue weighted by atomic mass is 10.1. The van der Waals surface area contributed by atoms with Crippen LogP contribution in [0.4, 0.5) is 21.5 Å². The minimum Gasteiger partial charge on any atom is -0.477 e. The molecule has 108 valence electrons. The third-order valence-electron chi connectivity index (χ3n) is 2.84. The van der Waals surface area contributed by atoms with Gasteiger partial charge in [-0.3, -0.25) is 10.1 Å². The zero-order valence-corrected chi connectivity index (χ0v) is 11.0. The molecule has 0 spiro atoms. The number of nitrogens with zero attached hydrogens (tertiary/aromatic N) is 1. The monoisotopic (exact) mass is 290 g/mol. The van der Waals surface area contributed by atoms with E-state index in [-0.39, 0.29) is 5.69 Å². The standard InChI is InChI=1S/C14H11FN2O4/c1-8-2-4-9(5-3-8)16-12-6-10(14(18)19)13(17(20)21)7-11(12)15/h2-7,16H,1H3,(H,18,19). The molecule has 2 aromatic carbocycles. The van der Waals surface area contributed by atoms with Crippen LogP contribution < -0.4 is 5.32 Å². The molecule has 0 saturated heterocycles. The van der Waals surface area contributed by atoms with Gasteiger partial charge in [-0.05, 0) is 25.1 Å². The summed E-state index contributed by atoms with van der Waals surface area (Å²) in [6.45, 7) is 1.89. The molecule has 21 heavy (non-hydrogen) atoms. The van der Waals surface area contributed by atoms with Crippen LogP contribution >= 0.6 is 0 Å². The summed E-state index contributed by atoms with van der Waals surface area (Å²) in [5.74, 6) is -2.39. The zero-order chi connectivity index (χ0) is 15.6. The fraction of sp³-hybridized carbons (Fsp3) is 0.0714. The second-order valence-corrected chi connectivity index (χ2v) is 4.40. The van der Waals surface area contributed by atoms with Gasteiger partial charge in [-0.2, -0.15) is 0 Å². The van der Waals surface area contributed by atoms with Gasteiger partial charge < -0.3 is 10.4 Å². The lowest BCUT2D eigenvalue weighted by Gasteiger charge is -2.09. The smallest absolute Gasteiger partial charge is 0.342 e. The summed E-state index contributed by atoms with van der Waals surface area (Å²) in [7, 11) is 0. The average Bonchev–Trinajstić information content (AvgIpc) is 2.42. The van der Waals surface area contributed by atoms with E-state index in [2.05, 4.69) is 5.32 Å². The SMILES string of the molecule is Cc1ccc(Nc2cc(C(=O)O)c([N+](=O)[O-])cc2F)cc1. The number of carbonyl (C=O) groups is 1. The van der Waals surface area contributed by atoms with Crippen LogP contribution in [0.1, 0.15) is 15.9 Å². The Morgan fingerprint density at radius 2 is 1.90 bits per heavy atom. The second kappa shape index (κ2) is 5.58. The van der Waals surface area contributed by atoms with Gasteiger partial charge in [0.1, 0.15) is 5.56 Å². The normalized spacial score (nSPS) is 10.2. The van der Waals surface area contributed by atoms with Gasteiger partial charge in [0.15, 0.2) is 5.82 Å². The molecule has 0 aliphatic carbocycles. The van der Waals surface area contributed by atoms with Gasteiger partial charge in [0, 0.05) is 5.69 Å². The number of carboxylic acids is 1. The maximum atomic E-state index is 13.9. The van der Waals surface area contributed by atoms with Crippen molar-refractivity contribution in [3.05, 3.63) is 63.5 Å². The molecule has 6 nitrogen and oxygen atoms in total. The van der Waals surface area contributed by atoms with E-state index in [0.717, 1.165) is 11.6 Å². The van der Waals surface area contributed by atoms with Crippen molar-refractivity contribution in [3.63, 3.8) is 0 Å². The van der Waals surface area contributed by atoms with Crippen LogP contribution in [-0.4, -0.2) is 16.0 Å². The van der Waals surface area contributed by atoms with Gasteiger partial charge in [0.25, 0.3) is 5.69 Å². The summed E-state index contributed by atoms with van der Waals surface area (Å²) < 4.78 is 13.9. The Bertz CT molecular complexity index is 714. The number of rotatable bonds is 4. The highest BCUT2D eigenvalue weighted by Crippen LogP contribution is 2.28. The highest BCUT2D eigenvalue weighted by molar-refractivity contribution is 5.94. The maximum Gasteiger partial charge on any atom is 0.342 e. The molecular formula is C14H11FN2O4. The van der Waals surface area contributed by atoms with Crippen LogP contribution in [0.25, 0.3) is 0 Å². The summed E-state index contributed by atoms with van der Waals surface area (Å²) in [6, 6.07) is 8.48. The Kier molecular flexibility index (Phi) is 3.84. The molecule has 0 saturated carbocycles. The summed E-state index contributed by atoms with van der Waals surface area (Å²) in [5.41, 5.74) is 0.0629. The molecule has 0 amide bonds. The van der Waals surface area contributed by atoms with Crippen molar-refractivity contribution in [2.24, 2.45) is 0 Å². The number of hydrogen-bond donors (Lipinski definition) is 2. The first-order chi connectivity index (χ1) is 9.88. The van der Waals surface area contributed by atoms with Crippen LogP contribution in [0, 0.1) is 22.9 Å². The molecule has 2 aromatic rings. The summed E-state index contributed by atoms with van der Waals surface area (Å²) in [5, 5.41) is 22.4. The Hall–Kier alpha value is -2.96. The van der Waals surface area contributed by atoms with Crippen LogP contribution in [0.5, 0.6) is 0 Å². The number of anilines is 2. The molecule has 0 aliphatic rings. The van der Waals surface area contributed by atoms with Gasteiger partial charge in [-0.15, -0.1) is 0 Å². The fourth-order valence-electron chi connectivity index (χ4n) is 1.77. The molecule has 0 atom stereocenters. The highest BCUT2D eigenvalue weighted by atomic mass is 19.1. The first kappa shape index (κ1) is 14.4. The van der Waals surface area contributed by atoms with Crippen molar-refractivity contribution in [2.75, 3.05) is 5.32 Å². The second-order valence-electron chi connectivity index (χ2n) is 4.40. The predicted molar refractivity (Wildman–Crippen MR) is 74.5 cm³/mol. The molecule has 0 aromatic heterocycles.